The van der Waals surface area contributed by atoms with Gasteiger partial charge in [-0.2, -0.15) is 0 Å². The lowest BCUT2D eigenvalue weighted by atomic mass is 10.0. The fraction of sp³-hybridized carbons (Fsp3) is 0.818. The molecular weight excluding hydrogens is 1260 g/mol. The molecule has 5 atom stereocenters. The van der Waals surface area contributed by atoms with Crippen LogP contribution in [0, 0.1) is 0 Å². The lowest BCUT2D eigenvalue weighted by Crippen LogP contribution is -2.30. The summed E-state index contributed by atoms with van der Waals surface area (Å²) in [4.78, 5) is 72.8. The van der Waals surface area contributed by atoms with E-state index in [1.165, 1.54) is 154 Å². The van der Waals surface area contributed by atoms with E-state index < -0.39 is 97.5 Å². The van der Waals surface area contributed by atoms with Crippen molar-refractivity contribution in [3.63, 3.8) is 0 Å². The first-order valence-electron chi connectivity index (χ1n) is 38.5. The lowest BCUT2D eigenvalue weighted by Gasteiger charge is -2.21. The van der Waals surface area contributed by atoms with Crippen LogP contribution in [0.5, 0.6) is 0 Å². The quantitative estimate of drug-likeness (QED) is 0.0169. The highest BCUT2D eigenvalue weighted by molar-refractivity contribution is 7.47. The number of phosphoric acid groups is 2. The number of carbonyl (C=O) groups excluding carboxylic acids is 4. The Balaban J connectivity index is 5.35. The molecule has 0 aromatic carbocycles. The standard InChI is InChI=1S/C77H140O17P2/c1-5-9-13-17-21-25-29-33-34-35-36-40-42-46-50-54-58-62-75(80)88-68-73(94-77(82)64-60-56-52-48-44-39-32-28-24-20-16-12-8-4)70-92-96(85,86)90-66-71(78)65-89-95(83,84)91-69-72(93-76(81)63-59-55-51-47-43-38-31-27-23-19-15-11-7-3)67-87-74(79)61-57-53-49-45-41-37-30-26-22-18-14-10-6-2/h21,25,27,31,33-34,36,40,46,50,71-73,78H,5-20,22-24,26,28-30,32,35,37-39,41-45,47-49,51-70H2,1-4H3,(H,83,84)(H,85,86)/b25-21-,31-27-,34-33-,40-36-,50-46-/t71-,72+,73+/m0/s1. The Bertz CT molecular complexity index is 2060. The predicted molar refractivity (Wildman–Crippen MR) is 390 cm³/mol. The summed E-state index contributed by atoms with van der Waals surface area (Å²) in [6.45, 7) is 4.81. The van der Waals surface area contributed by atoms with E-state index in [-0.39, 0.29) is 25.7 Å². The molecular formula is C77H140O17P2. The van der Waals surface area contributed by atoms with Crippen molar-refractivity contribution < 1.29 is 80.2 Å². The van der Waals surface area contributed by atoms with E-state index in [1.54, 1.807) is 0 Å². The summed E-state index contributed by atoms with van der Waals surface area (Å²) in [7, 11) is -9.94. The zero-order chi connectivity index (χ0) is 70.4. The molecule has 0 saturated heterocycles. The highest BCUT2D eigenvalue weighted by atomic mass is 31.2. The maximum atomic E-state index is 13.1. The van der Waals surface area contributed by atoms with Gasteiger partial charge in [0.1, 0.15) is 19.3 Å². The number of aliphatic hydroxyl groups excluding tert-OH is 1. The summed E-state index contributed by atoms with van der Waals surface area (Å²) in [5.41, 5.74) is 0. The second-order valence-corrected chi connectivity index (χ2v) is 28.9. The van der Waals surface area contributed by atoms with Gasteiger partial charge in [-0.25, -0.2) is 9.13 Å². The molecule has 0 aliphatic carbocycles. The number of rotatable bonds is 73. The number of phosphoric ester groups is 2. The van der Waals surface area contributed by atoms with Crippen LogP contribution in [0.1, 0.15) is 349 Å². The molecule has 3 N–H and O–H groups in total. The summed E-state index contributed by atoms with van der Waals surface area (Å²) in [6.07, 6.45) is 67.9. The van der Waals surface area contributed by atoms with Gasteiger partial charge in [-0.05, 0) is 89.9 Å². The molecule has 0 aliphatic rings. The van der Waals surface area contributed by atoms with Crippen molar-refractivity contribution in [2.75, 3.05) is 39.6 Å². The lowest BCUT2D eigenvalue weighted by molar-refractivity contribution is -0.161. The maximum absolute atomic E-state index is 13.1. The third-order valence-electron chi connectivity index (χ3n) is 16.5. The van der Waals surface area contributed by atoms with Crippen LogP contribution in [0.25, 0.3) is 0 Å². The molecule has 0 spiro atoms. The van der Waals surface area contributed by atoms with Gasteiger partial charge in [0.15, 0.2) is 12.2 Å². The van der Waals surface area contributed by atoms with Gasteiger partial charge in [-0.3, -0.25) is 37.3 Å². The van der Waals surface area contributed by atoms with E-state index in [2.05, 4.69) is 76.3 Å². The van der Waals surface area contributed by atoms with E-state index in [0.717, 1.165) is 109 Å². The Morgan fingerprint density at radius 2 is 0.521 bits per heavy atom. The molecule has 0 amide bonds. The molecule has 0 bridgehead atoms. The second kappa shape index (κ2) is 70.2. The van der Waals surface area contributed by atoms with Crippen LogP contribution in [-0.2, 0) is 65.4 Å². The molecule has 0 aliphatic heterocycles. The second-order valence-electron chi connectivity index (χ2n) is 26.0. The van der Waals surface area contributed by atoms with Crippen LogP contribution < -0.4 is 0 Å². The highest BCUT2D eigenvalue weighted by Gasteiger charge is 2.30. The summed E-state index contributed by atoms with van der Waals surface area (Å²) in [6, 6.07) is 0. The molecule has 0 aromatic heterocycles. The average Bonchev–Trinajstić information content (AvgIpc) is 3.12. The van der Waals surface area contributed by atoms with Gasteiger partial charge in [0.25, 0.3) is 0 Å². The van der Waals surface area contributed by atoms with Gasteiger partial charge in [-0.15, -0.1) is 0 Å². The fourth-order valence-electron chi connectivity index (χ4n) is 10.6. The number of esters is 4. The van der Waals surface area contributed by atoms with Gasteiger partial charge in [0.05, 0.1) is 26.4 Å². The van der Waals surface area contributed by atoms with Gasteiger partial charge in [-0.1, -0.05) is 294 Å². The third-order valence-corrected chi connectivity index (χ3v) is 18.4. The van der Waals surface area contributed by atoms with Gasteiger partial charge >= 0.3 is 39.5 Å². The number of hydrogen-bond acceptors (Lipinski definition) is 15. The van der Waals surface area contributed by atoms with Crippen molar-refractivity contribution in [1.29, 1.82) is 0 Å². The molecule has 0 rings (SSSR count). The normalized spacial score (nSPS) is 14.3. The van der Waals surface area contributed by atoms with Crippen molar-refractivity contribution in [3.05, 3.63) is 60.8 Å². The number of hydrogen-bond donors (Lipinski definition) is 3. The molecule has 96 heavy (non-hydrogen) atoms. The Hall–Kier alpha value is -3.24. The van der Waals surface area contributed by atoms with Crippen molar-refractivity contribution >= 4 is 39.5 Å². The Kier molecular flexibility index (Phi) is 67.8. The Morgan fingerprint density at radius 3 is 0.865 bits per heavy atom. The molecule has 0 heterocycles. The van der Waals surface area contributed by atoms with Crippen molar-refractivity contribution in [3.8, 4) is 0 Å². The van der Waals surface area contributed by atoms with Crippen molar-refractivity contribution in [1.82, 2.24) is 0 Å². The number of unbranched alkanes of at least 4 members (excludes halogenated alkanes) is 37. The predicted octanol–water partition coefficient (Wildman–Crippen LogP) is 21.9. The zero-order valence-electron chi connectivity index (χ0n) is 61.1. The molecule has 0 saturated carbocycles. The van der Waals surface area contributed by atoms with E-state index in [1.807, 2.05) is 12.2 Å². The third kappa shape index (κ3) is 69.2. The Morgan fingerprint density at radius 1 is 0.292 bits per heavy atom. The SMILES string of the molecule is CCCCC/C=C\C/C=C\C/C=C\C/C=C\CCCC(=O)OC[C@H](COP(=O)(O)OC[C@@H](O)COP(=O)(O)OC[C@@H](COC(=O)CCCCCCCCCCCCCCC)OC(=O)CCCCCCC/C=C\CCCCCC)OC(=O)CCCCCCCCCCCCCCC. The molecule has 0 radical (unpaired) electrons. The first-order valence-corrected chi connectivity index (χ1v) is 41.5. The molecule has 0 aromatic rings. The van der Waals surface area contributed by atoms with Gasteiger partial charge in [0.2, 0.25) is 0 Å². The summed E-state index contributed by atoms with van der Waals surface area (Å²) < 4.78 is 68.4. The maximum Gasteiger partial charge on any atom is 0.472 e. The summed E-state index contributed by atoms with van der Waals surface area (Å²) in [5, 5.41) is 10.6. The van der Waals surface area contributed by atoms with Crippen LogP contribution in [0.15, 0.2) is 60.8 Å². The summed E-state index contributed by atoms with van der Waals surface area (Å²) in [5.74, 6) is -2.22. The monoisotopic (exact) mass is 1400 g/mol. The highest BCUT2D eigenvalue weighted by Crippen LogP contribution is 2.45. The van der Waals surface area contributed by atoms with E-state index in [9.17, 15) is 43.2 Å². The minimum absolute atomic E-state index is 0.0893. The summed E-state index contributed by atoms with van der Waals surface area (Å²) >= 11 is 0. The average molecular weight is 1400 g/mol. The molecule has 19 heteroatoms. The topological polar surface area (TPSA) is 237 Å². The Labute approximate surface area is 584 Å². The fourth-order valence-corrected chi connectivity index (χ4v) is 12.1. The van der Waals surface area contributed by atoms with Gasteiger partial charge in [0, 0.05) is 25.7 Å². The zero-order valence-corrected chi connectivity index (χ0v) is 62.8. The molecule has 560 valence electrons. The number of aliphatic hydroxyl groups is 1. The minimum Gasteiger partial charge on any atom is -0.462 e. The van der Waals surface area contributed by atoms with E-state index >= 15 is 0 Å². The van der Waals surface area contributed by atoms with Crippen LogP contribution in [0.2, 0.25) is 0 Å². The van der Waals surface area contributed by atoms with Crippen LogP contribution >= 0.6 is 15.6 Å². The minimum atomic E-state index is -4.98. The van der Waals surface area contributed by atoms with Crippen LogP contribution in [-0.4, -0.2) is 96.7 Å². The molecule has 0 fully saturated rings. The van der Waals surface area contributed by atoms with Gasteiger partial charge < -0.3 is 33.8 Å². The number of carbonyl (C=O) groups is 4. The van der Waals surface area contributed by atoms with Crippen LogP contribution in [0.3, 0.4) is 0 Å². The van der Waals surface area contributed by atoms with Crippen LogP contribution in [0.4, 0.5) is 0 Å². The van der Waals surface area contributed by atoms with Crippen molar-refractivity contribution in [2.24, 2.45) is 0 Å². The smallest absolute Gasteiger partial charge is 0.462 e. The van der Waals surface area contributed by atoms with E-state index in [4.69, 9.17) is 37.0 Å². The van der Waals surface area contributed by atoms with E-state index in [0.29, 0.717) is 32.1 Å². The largest absolute Gasteiger partial charge is 0.472 e. The van der Waals surface area contributed by atoms with Crippen molar-refractivity contribution in [2.45, 2.75) is 367 Å². The first kappa shape index (κ1) is 92.8. The number of allylic oxidation sites excluding steroid dienone is 10. The molecule has 2 unspecified atom stereocenters. The first-order chi connectivity index (χ1) is 46.7. The molecule has 17 nitrogen and oxygen atoms in total. The number of ether oxygens (including phenoxy) is 4.